The van der Waals surface area contributed by atoms with Crippen LogP contribution in [-0.4, -0.2) is 28.7 Å². The topological polar surface area (TPSA) is 85.4 Å². The number of nitrogens with one attached hydrogen (secondary N) is 2. The van der Waals surface area contributed by atoms with E-state index in [1.54, 1.807) is 24.3 Å². The number of nitrogens with zero attached hydrogens (tertiary/aromatic N) is 2. The van der Waals surface area contributed by atoms with Crippen molar-refractivity contribution in [2.45, 2.75) is 44.6 Å². The van der Waals surface area contributed by atoms with Crippen molar-refractivity contribution in [1.82, 2.24) is 9.97 Å². The van der Waals surface area contributed by atoms with Crippen molar-refractivity contribution in [3.63, 3.8) is 0 Å². The molecule has 4 rings (SSSR count). The number of hydrogen-bond donors (Lipinski definition) is 2. The summed E-state index contributed by atoms with van der Waals surface area (Å²) >= 11 is 0. The van der Waals surface area contributed by atoms with E-state index in [1.165, 1.54) is 32.0 Å². The Hall–Kier alpha value is -2.83. The molecule has 1 fully saturated rings. The van der Waals surface area contributed by atoms with Crippen LogP contribution in [0.25, 0.3) is 0 Å². The molecular formula is C19H22N4O3. The smallest absolute Gasteiger partial charge is 0.274 e. The number of rotatable bonds is 4. The molecule has 7 heteroatoms. The SMILES string of the molecule is O=C(Nc1ccc2c(c1)OCO2)c1cc(NC2CCCCCC2)ncn1. The number of aromatic nitrogens is 2. The summed E-state index contributed by atoms with van der Waals surface area (Å²) < 4.78 is 10.6. The van der Waals surface area contributed by atoms with Gasteiger partial charge in [0, 0.05) is 23.9 Å². The van der Waals surface area contributed by atoms with Crippen molar-refractivity contribution in [3.8, 4) is 11.5 Å². The molecule has 0 saturated heterocycles. The Kier molecular flexibility index (Phi) is 4.86. The maximum atomic E-state index is 12.5. The number of carbonyl (C=O) groups excluding carboxylic acids is 1. The molecule has 1 aromatic heterocycles. The number of ether oxygens (including phenoxy) is 2. The number of fused-ring (bicyclic) bond motifs is 1. The van der Waals surface area contributed by atoms with Crippen molar-refractivity contribution >= 4 is 17.4 Å². The lowest BCUT2D eigenvalue weighted by molar-refractivity contribution is 0.102. The lowest BCUT2D eigenvalue weighted by Gasteiger charge is -2.17. The van der Waals surface area contributed by atoms with Crippen molar-refractivity contribution in [2.24, 2.45) is 0 Å². The van der Waals surface area contributed by atoms with E-state index in [2.05, 4.69) is 20.6 Å². The standard InChI is InChI=1S/C19H22N4O3/c24-19(23-14-7-8-16-17(9-14)26-12-25-16)15-10-18(21-11-20-15)22-13-5-3-1-2-4-6-13/h7-11,13H,1-6,12H2,(H,23,24)(H,20,21,22). The fourth-order valence-corrected chi connectivity index (χ4v) is 3.36. The molecule has 0 spiro atoms. The quantitative estimate of drug-likeness (QED) is 0.816. The molecule has 1 saturated carbocycles. The lowest BCUT2D eigenvalue weighted by Crippen LogP contribution is -2.20. The maximum absolute atomic E-state index is 12.5. The average molecular weight is 354 g/mol. The van der Waals surface area contributed by atoms with E-state index in [-0.39, 0.29) is 12.7 Å². The van der Waals surface area contributed by atoms with Gasteiger partial charge in [0.2, 0.25) is 6.79 Å². The Morgan fingerprint density at radius 3 is 2.65 bits per heavy atom. The van der Waals surface area contributed by atoms with Crippen LogP contribution in [-0.2, 0) is 0 Å². The third-order valence-electron chi connectivity index (χ3n) is 4.74. The molecule has 1 aliphatic heterocycles. The third kappa shape index (κ3) is 3.87. The van der Waals surface area contributed by atoms with Gasteiger partial charge >= 0.3 is 0 Å². The summed E-state index contributed by atoms with van der Waals surface area (Å²) in [5.74, 6) is 1.72. The van der Waals surface area contributed by atoms with Gasteiger partial charge in [0.05, 0.1) is 0 Å². The Morgan fingerprint density at radius 2 is 1.81 bits per heavy atom. The van der Waals surface area contributed by atoms with Gasteiger partial charge < -0.3 is 20.1 Å². The maximum Gasteiger partial charge on any atom is 0.274 e. The van der Waals surface area contributed by atoms with Crippen LogP contribution in [0.4, 0.5) is 11.5 Å². The molecule has 136 valence electrons. The van der Waals surface area contributed by atoms with Crippen molar-refractivity contribution in [3.05, 3.63) is 36.3 Å². The zero-order valence-corrected chi connectivity index (χ0v) is 14.5. The van der Waals surface area contributed by atoms with Gasteiger partial charge in [0.15, 0.2) is 11.5 Å². The Labute approximate surface area is 152 Å². The first kappa shape index (κ1) is 16.6. The van der Waals surface area contributed by atoms with Gasteiger partial charge in [-0.25, -0.2) is 9.97 Å². The largest absolute Gasteiger partial charge is 0.454 e. The second-order valence-electron chi connectivity index (χ2n) is 6.64. The molecule has 26 heavy (non-hydrogen) atoms. The summed E-state index contributed by atoms with van der Waals surface area (Å²) in [6.45, 7) is 0.203. The highest BCUT2D eigenvalue weighted by Gasteiger charge is 2.17. The summed E-state index contributed by atoms with van der Waals surface area (Å²) in [6.07, 6.45) is 8.77. The first-order valence-corrected chi connectivity index (χ1v) is 9.07. The van der Waals surface area contributed by atoms with Crippen LogP contribution in [0.3, 0.4) is 0 Å². The fraction of sp³-hybridized carbons (Fsp3) is 0.421. The first-order chi connectivity index (χ1) is 12.8. The molecule has 0 radical (unpaired) electrons. The van der Waals surface area contributed by atoms with E-state index >= 15 is 0 Å². The number of carbonyl (C=O) groups is 1. The molecule has 1 aromatic carbocycles. The molecule has 2 heterocycles. The van der Waals surface area contributed by atoms with E-state index < -0.39 is 0 Å². The van der Waals surface area contributed by atoms with E-state index in [1.807, 2.05) is 0 Å². The summed E-state index contributed by atoms with van der Waals surface area (Å²) in [5.41, 5.74) is 0.963. The van der Waals surface area contributed by atoms with E-state index in [4.69, 9.17) is 9.47 Å². The van der Waals surface area contributed by atoms with Gasteiger partial charge in [-0.15, -0.1) is 0 Å². The summed E-state index contributed by atoms with van der Waals surface area (Å²) in [7, 11) is 0. The van der Waals surface area contributed by atoms with Gasteiger partial charge in [0.25, 0.3) is 5.91 Å². The number of amides is 1. The zero-order chi connectivity index (χ0) is 17.8. The second kappa shape index (κ2) is 7.59. The van der Waals surface area contributed by atoms with Crippen molar-refractivity contribution < 1.29 is 14.3 Å². The Morgan fingerprint density at radius 1 is 1.00 bits per heavy atom. The molecule has 0 atom stereocenters. The van der Waals surface area contributed by atoms with Crippen molar-refractivity contribution in [2.75, 3.05) is 17.4 Å². The van der Waals surface area contributed by atoms with Crippen LogP contribution >= 0.6 is 0 Å². The normalized spacial score (nSPS) is 16.8. The lowest BCUT2D eigenvalue weighted by atomic mass is 10.1. The number of anilines is 2. The predicted molar refractivity (Wildman–Crippen MR) is 97.7 cm³/mol. The molecule has 2 aliphatic rings. The van der Waals surface area contributed by atoms with Crippen LogP contribution in [0.5, 0.6) is 11.5 Å². The Bertz CT molecular complexity index is 788. The molecule has 7 nitrogen and oxygen atoms in total. The van der Waals surface area contributed by atoms with Crippen LogP contribution in [0.1, 0.15) is 49.0 Å². The third-order valence-corrected chi connectivity index (χ3v) is 4.74. The zero-order valence-electron chi connectivity index (χ0n) is 14.5. The van der Waals surface area contributed by atoms with Gasteiger partial charge in [-0.3, -0.25) is 4.79 Å². The highest BCUT2D eigenvalue weighted by molar-refractivity contribution is 6.03. The highest BCUT2D eigenvalue weighted by Crippen LogP contribution is 2.34. The van der Waals surface area contributed by atoms with Crippen LogP contribution in [0.2, 0.25) is 0 Å². The van der Waals surface area contributed by atoms with Crippen molar-refractivity contribution in [1.29, 1.82) is 0 Å². The van der Waals surface area contributed by atoms with Gasteiger partial charge in [-0.1, -0.05) is 25.7 Å². The number of benzene rings is 1. The number of hydrogen-bond acceptors (Lipinski definition) is 6. The average Bonchev–Trinajstić information content (AvgIpc) is 2.97. The Balaban J connectivity index is 1.43. The van der Waals surface area contributed by atoms with Gasteiger partial charge in [-0.05, 0) is 25.0 Å². The van der Waals surface area contributed by atoms with Crippen LogP contribution in [0, 0.1) is 0 Å². The minimum absolute atomic E-state index is 0.203. The van der Waals surface area contributed by atoms with Gasteiger partial charge in [-0.2, -0.15) is 0 Å². The fourth-order valence-electron chi connectivity index (χ4n) is 3.36. The molecule has 1 amide bonds. The molecule has 0 unspecified atom stereocenters. The van der Waals surface area contributed by atoms with Crippen LogP contribution < -0.4 is 20.1 Å². The van der Waals surface area contributed by atoms with E-state index in [9.17, 15) is 4.79 Å². The highest BCUT2D eigenvalue weighted by atomic mass is 16.7. The van der Waals surface area contributed by atoms with E-state index in [0.29, 0.717) is 34.7 Å². The molecule has 2 N–H and O–H groups in total. The summed E-state index contributed by atoms with van der Waals surface area (Å²) in [4.78, 5) is 20.9. The minimum atomic E-state index is -0.282. The van der Waals surface area contributed by atoms with Gasteiger partial charge in [0.1, 0.15) is 17.8 Å². The molecule has 2 aromatic rings. The first-order valence-electron chi connectivity index (χ1n) is 9.07. The molecular weight excluding hydrogens is 332 g/mol. The van der Waals surface area contributed by atoms with E-state index in [0.717, 1.165) is 12.8 Å². The predicted octanol–water partition coefficient (Wildman–Crippen LogP) is 3.59. The monoisotopic (exact) mass is 354 g/mol. The second-order valence-corrected chi connectivity index (χ2v) is 6.64. The molecule has 0 bridgehead atoms. The van der Waals surface area contributed by atoms with Crippen LogP contribution in [0.15, 0.2) is 30.6 Å². The summed E-state index contributed by atoms with van der Waals surface area (Å²) in [6, 6.07) is 7.41. The molecule has 1 aliphatic carbocycles. The summed E-state index contributed by atoms with van der Waals surface area (Å²) in [5, 5.41) is 6.28. The minimum Gasteiger partial charge on any atom is -0.454 e.